The van der Waals surface area contributed by atoms with E-state index < -0.39 is 8.32 Å². The van der Waals surface area contributed by atoms with Crippen LogP contribution in [0.4, 0.5) is 0 Å². The zero-order chi connectivity index (χ0) is 16.8. The van der Waals surface area contributed by atoms with Gasteiger partial charge in [-0.3, -0.25) is 4.79 Å². The Bertz CT molecular complexity index is 474. The predicted molar refractivity (Wildman–Crippen MR) is 94.5 cm³/mol. The Labute approximate surface area is 140 Å². The molecule has 0 radical (unpaired) electrons. The van der Waals surface area contributed by atoms with Crippen LogP contribution in [0.2, 0.25) is 18.1 Å². The van der Waals surface area contributed by atoms with Crippen molar-refractivity contribution >= 4 is 25.7 Å². The number of hydrogen-bond donors (Lipinski definition) is 0. The van der Waals surface area contributed by atoms with E-state index in [1.165, 1.54) is 0 Å². The summed E-state index contributed by atoms with van der Waals surface area (Å²) < 4.78 is 11.6. The van der Waals surface area contributed by atoms with E-state index in [1.807, 2.05) is 6.07 Å². The summed E-state index contributed by atoms with van der Waals surface area (Å²) in [6, 6.07) is 3.63. The molecule has 3 nitrogen and oxygen atoms in total. The molecule has 5 heteroatoms. The Morgan fingerprint density at radius 1 is 1.27 bits per heavy atom. The third kappa shape index (κ3) is 5.90. The van der Waals surface area contributed by atoms with Crippen LogP contribution < -0.4 is 0 Å². The van der Waals surface area contributed by atoms with Crippen LogP contribution in [0.1, 0.15) is 56.3 Å². The van der Waals surface area contributed by atoms with Crippen molar-refractivity contribution in [2.75, 3.05) is 12.5 Å². The number of alkyl halides is 1. The molecule has 126 valence electrons. The molecule has 0 amide bonds. The maximum absolute atomic E-state index is 12.1. The average Bonchev–Trinajstić information content (AvgIpc) is 2.88. The molecule has 0 N–H and O–H groups in total. The van der Waals surface area contributed by atoms with Gasteiger partial charge in [0.05, 0.1) is 0 Å². The van der Waals surface area contributed by atoms with E-state index in [0.717, 1.165) is 25.0 Å². The highest BCUT2D eigenvalue weighted by Crippen LogP contribution is 2.36. The van der Waals surface area contributed by atoms with E-state index in [4.69, 9.17) is 20.4 Å². The van der Waals surface area contributed by atoms with Crippen LogP contribution in [-0.2, 0) is 10.8 Å². The summed E-state index contributed by atoms with van der Waals surface area (Å²) in [5, 5.41) is 0.204. The normalized spacial score (nSPS) is 12.6. The highest BCUT2D eigenvalue weighted by Gasteiger charge is 2.36. The van der Waals surface area contributed by atoms with Crippen molar-refractivity contribution in [1.82, 2.24) is 0 Å². The third-order valence-electron chi connectivity index (χ3n) is 4.31. The first kappa shape index (κ1) is 19.5. The van der Waals surface area contributed by atoms with Crippen LogP contribution in [0.15, 0.2) is 16.5 Å². The van der Waals surface area contributed by atoms with Crippen molar-refractivity contribution in [1.29, 1.82) is 0 Å². The van der Waals surface area contributed by atoms with Crippen molar-refractivity contribution in [2.45, 2.75) is 64.6 Å². The lowest BCUT2D eigenvalue weighted by Crippen LogP contribution is -2.41. The molecule has 1 aromatic heterocycles. The number of furan rings is 1. The molecule has 1 aromatic rings. The van der Waals surface area contributed by atoms with E-state index in [9.17, 15) is 4.79 Å². The lowest BCUT2D eigenvalue weighted by molar-refractivity contribution is 0.0943. The lowest BCUT2D eigenvalue weighted by Gasteiger charge is -2.36. The largest absolute Gasteiger partial charge is 0.458 e. The number of Topliss-reactive ketones (excluding diaryl/α,β-unsaturated/α-hetero) is 1. The third-order valence-corrected chi connectivity index (χ3v) is 9.12. The van der Waals surface area contributed by atoms with E-state index >= 15 is 0 Å². The SMILES string of the molecule is CC(C)(C)[Si](C)(C)OCCCC(=O)c1ccc(CCCCl)o1. The first-order valence-corrected chi connectivity index (χ1v) is 11.4. The van der Waals surface area contributed by atoms with Crippen molar-refractivity contribution in [2.24, 2.45) is 0 Å². The second-order valence-electron chi connectivity index (χ2n) is 7.19. The molecule has 0 aliphatic rings. The van der Waals surface area contributed by atoms with Crippen molar-refractivity contribution in [3.05, 3.63) is 23.7 Å². The molecule has 0 aliphatic carbocycles. The molecule has 0 aromatic carbocycles. The van der Waals surface area contributed by atoms with E-state index in [-0.39, 0.29) is 10.8 Å². The van der Waals surface area contributed by atoms with Gasteiger partial charge in [-0.25, -0.2) is 0 Å². The minimum Gasteiger partial charge on any atom is -0.458 e. The fourth-order valence-corrected chi connectivity index (χ4v) is 3.02. The molecule has 1 rings (SSSR count). The zero-order valence-corrected chi connectivity index (χ0v) is 16.3. The maximum Gasteiger partial charge on any atom is 0.198 e. The summed E-state index contributed by atoms with van der Waals surface area (Å²) >= 11 is 5.65. The number of hydrogen-bond acceptors (Lipinski definition) is 3. The van der Waals surface area contributed by atoms with Crippen molar-refractivity contribution in [3.8, 4) is 0 Å². The van der Waals surface area contributed by atoms with Gasteiger partial charge in [0.15, 0.2) is 19.9 Å². The number of ketones is 1. The molecule has 0 bridgehead atoms. The van der Waals surface area contributed by atoms with E-state index in [1.54, 1.807) is 6.07 Å². The van der Waals surface area contributed by atoms with E-state index in [0.29, 0.717) is 24.7 Å². The monoisotopic (exact) mass is 344 g/mol. The van der Waals surface area contributed by atoms with Crippen LogP contribution in [0.3, 0.4) is 0 Å². The Morgan fingerprint density at radius 3 is 2.55 bits per heavy atom. The second kappa shape index (κ2) is 8.32. The van der Waals surface area contributed by atoms with Gasteiger partial charge in [-0.2, -0.15) is 0 Å². The molecule has 0 atom stereocenters. The second-order valence-corrected chi connectivity index (χ2v) is 12.4. The number of carbonyl (C=O) groups excluding carboxylic acids is 1. The van der Waals surface area contributed by atoms with Crippen LogP contribution in [0, 0.1) is 0 Å². The first-order chi connectivity index (χ1) is 10.2. The summed E-state index contributed by atoms with van der Waals surface area (Å²) in [5.41, 5.74) is 0. The Balaban J connectivity index is 2.36. The van der Waals surface area contributed by atoms with Crippen molar-refractivity contribution < 1.29 is 13.6 Å². The number of aryl methyl sites for hydroxylation is 1. The van der Waals surface area contributed by atoms with Crippen molar-refractivity contribution in [3.63, 3.8) is 0 Å². The Morgan fingerprint density at radius 2 is 1.95 bits per heavy atom. The topological polar surface area (TPSA) is 39.4 Å². The fourth-order valence-electron chi connectivity index (χ4n) is 1.80. The molecule has 0 saturated carbocycles. The number of carbonyl (C=O) groups is 1. The molecule has 0 saturated heterocycles. The predicted octanol–water partition coefficient (Wildman–Crippen LogP) is 5.44. The van der Waals surface area contributed by atoms with Gasteiger partial charge in [0.25, 0.3) is 0 Å². The molecule has 0 aliphatic heterocycles. The zero-order valence-electron chi connectivity index (χ0n) is 14.5. The molecule has 0 unspecified atom stereocenters. The minimum atomic E-state index is -1.71. The maximum atomic E-state index is 12.1. The fraction of sp³-hybridized carbons (Fsp3) is 0.706. The van der Waals surface area contributed by atoms with Gasteiger partial charge >= 0.3 is 0 Å². The molecule has 0 spiro atoms. The van der Waals surface area contributed by atoms with Gasteiger partial charge in [-0.1, -0.05) is 20.8 Å². The van der Waals surface area contributed by atoms with Gasteiger partial charge in [0.1, 0.15) is 5.76 Å². The molecule has 22 heavy (non-hydrogen) atoms. The standard InChI is InChI=1S/C17H29ClO3Si/c1-17(2,3)22(4,5)20-13-7-9-15(19)16-11-10-14(21-16)8-6-12-18/h10-11H,6-9,12-13H2,1-5H3. The summed E-state index contributed by atoms with van der Waals surface area (Å²) in [5.74, 6) is 1.95. The smallest absolute Gasteiger partial charge is 0.198 e. The minimum absolute atomic E-state index is 0.0518. The van der Waals surface area contributed by atoms with Gasteiger partial charge in [0, 0.05) is 25.3 Å². The number of rotatable bonds is 9. The molecular formula is C17H29ClO3Si. The van der Waals surface area contributed by atoms with E-state index in [2.05, 4.69) is 33.9 Å². The Hall–Kier alpha value is -0.583. The van der Waals surface area contributed by atoms with Gasteiger partial charge in [-0.05, 0) is 43.1 Å². The molecular weight excluding hydrogens is 316 g/mol. The average molecular weight is 345 g/mol. The quantitative estimate of drug-likeness (QED) is 0.259. The molecule has 0 fully saturated rings. The summed E-state index contributed by atoms with van der Waals surface area (Å²) in [4.78, 5) is 12.1. The summed E-state index contributed by atoms with van der Waals surface area (Å²) in [6.07, 6.45) is 2.86. The Kier molecular flexibility index (Phi) is 7.36. The first-order valence-electron chi connectivity index (χ1n) is 7.99. The van der Waals surface area contributed by atoms with Crippen LogP contribution in [-0.4, -0.2) is 26.6 Å². The van der Waals surface area contributed by atoms with Gasteiger partial charge in [0.2, 0.25) is 0 Å². The lowest BCUT2D eigenvalue weighted by atomic mass is 10.2. The van der Waals surface area contributed by atoms with Gasteiger partial charge in [-0.15, -0.1) is 11.6 Å². The highest BCUT2D eigenvalue weighted by molar-refractivity contribution is 6.74. The van der Waals surface area contributed by atoms with Gasteiger partial charge < -0.3 is 8.84 Å². The highest BCUT2D eigenvalue weighted by atomic mass is 35.5. The van der Waals surface area contributed by atoms with Crippen LogP contribution in [0.5, 0.6) is 0 Å². The van der Waals surface area contributed by atoms with Crippen LogP contribution in [0.25, 0.3) is 0 Å². The number of halogens is 1. The van der Waals surface area contributed by atoms with Crippen LogP contribution >= 0.6 is 11.6 Å². The molecule has 1 heterocycles. The summed E-state index contributed by atoms with van der Waals surface area (Å²) in [7, 11) is -1.71. The summed E-state index contributed by atoms with van der Waals surface area (Å²) in [6.45, 7) is 11.7.